The molecule has 0 heterocycles. The van der Waals surface area contributed by atoms with Gasteiger partial charge in [-0.2, -0.15) is 0 Å². The summed E-state index contributed by atoms with van der Waals surface area (Å²) in [7, 11) is 0.0303. The van der Waals surface area contributed by atoms with Crippen molar-refractivity contribution in [2.75, 3.05) is 14.1 Å². The fourth-order valence-corrected chi connectivity index (χ4v) is 4.45. The van der Waals surface area contributed by atoms with E-state index in [9.17, 15) is 8.42 Å². The fraction of sp³-hybridized carbons (Fsp3) is 0.294. The molecule has 0 fully saturated rings. The van der Waals surface area contributed by atoms with Gasteiger partial charge in [0, 0.05) is 0 Å². The molecule has 25 heavy (non-hydrogen) atoms. The number of halogens is 2. The third-order valence-electron chi connectivity index (χ3n) is 4.38. The van der Waals surface area contributed by atoms with Crippen LogP contribution in [0.5, 0.6) is 5.75 Å². The first-order valence-corrected chi connectivity index (χ1v) is 9.92. The molecule has 1 aliphatic carbocycles. The number of nitrogens with two attached hydrogens (primary N) is 1. The van der Waals surface area contributed by atoms with Crippen molar-refractivity contribution in [3.05, 3.63) is 57.6 Å². The highest BCUT2D eigenvalue weighted by Gasteiger charge is 2.36. The standard InChI is InChI=1S/C17H18Cl2N2O3S/c1-21(2)12-9-10-5-3-4-6-11(10)17(12)24-13-7-8-14(25(20,22)23)16(19)15(13)18/h3-8,12,17H,9H2,1-2H3,(H2,20,22,23). The van der Waals surface area contributed by atoms with Gasteiger partial charge in [-0.3, -0.25) is 0 Å². The van der Waals surface area contributed by atoms with Crippen LogP contribution in [0.25, 0.3) is 0 Å². The Morgan fingerprint density at radius 3 is 2.44 bits per heavy atom. The van der Waals surface area contributed by atoms with Crippen molar-refractivity contribution >= 4 is 33.2 Å². The van der Waals surface area contributed by atoms with Crippen LogP contribution in [0.4, 0.5) is 0 Å². The molecule has 2 atom stereocenters. The van der Waals surface area contributed by atoms with Gasteiger partial charge in [0.25, 0.3) is 0 Å². The summed E-state index contributed by atoms with van der Waals surface area (Å²) >= 11 is 12.3. The topological polar surface area (TPSA) is 72.6 Å². The molecular formula is C17H18Cl2N2O3S. The van der Waals surface area contributed by atoms with E-state index < -0.39 is 10.0 Å². The maximum absolute atomic E-state index is 11.6. The molecule has 0 bridgehead atoms. The molecule has 134 valence electrons. The Balaban J connectivity index is 2.00. The molecule has 1 aliphatic rings. The largest absolute Gasteiger partial charge is 0.482 e. The summed E-state index contributed by atoms with van der Waals surface area (Å²) in [4.78, 5) is 1.88. The SMILES string of the molecule is CN(C)C1Cc2ccccc2C1Oc1ccc(S(N)(=O)=O)c(Cl)c1Cl. The molecule has 2 unspecified atom stereocenters. The number of fused-ring (bicyclic) bond motifs is 1. The first kappa shape index (κ1) is 18.5. The lowest BCUT2D eigenvalue weighted by Crippen LogP contribution is -2.34. The molecule has 2 N–H and O–H groups in total. The minimum atomic E-state index is -3.95. The van der Waals surface area contributed by atoms with Gasteiger partial charge in [0.05, 0.1) is 11.1 Å². The van der Waals surface area contributed by atoms with Crippen LogP contribution in [0.1, 0.15) is 17.2 Å². The minimum absolute atomic E-state index is 0.0371. The third-order valence-corrected chi connectivity index (χ3v) is 6.31. The third kappa shape index (κ3) is 3.50. The predicted octanol–water partition coefficient (Wildman–Crippen LogP) is 3.25. The highest BCUT2D eigenvalue weighted by Crippen LogP contribution is 2.42. The van der Waals surface area contributed by atoms with Crippen LogP contribution in [-0.4, -0.2) is 33.5 Å². The second-order valence-corrected chi connectivity index (χ2v) is 8.49. The molecule has 2 aromatic rings. The van der Waals surface area contributed by atoms with Gasteiger partial charge in [0.2, 0.25) is 10.0 Å². The van der Waals surface area contributed by atoms with E-state index in [0.717, 1.165) is 12.0 Å². The minimum Gasteiger partial charge on any atom is -0.482 e. The van der Waals surface area contributed by atoms with Crippen molar-refractivity contribution in [2.24, 2.45) is 5.14 Å². The second kappa shape index (κ2) is 6.78. The lowest BCUT2D eigenvalue weighted by molar-refractivity contribution is 0.111. The molecular weight excluding hydrogens is 383 g/mol. The number of likely N-dealkylation sites (N-methyl/N-ethyl adjacent to an activating group) is 1. The number of ether oxygens (including phenoxy) is 1. The van der Waals surface area contributed by atoms with Crippen LogP contribution in [0.3, 0.4) is 0 Å². The Bertz CT molecular complexity index is 916. The van der Waals surface area contributed by atoms with E-state index in [-0.39, 0.29) is 27.1 Å². The van der Waals surface area contributed by atoms with Crippen molar-refractivity contribution in [2.45, 2.75) is 23.5 Å². The number of primary sulfonamides is 1. The number of nitrogens with zero attached hydrogens (tertiary/aromatic N) is 1. The van der Waals surface area contributed by atoms with Crippen LogP contribution in [0.2, 0.25) is 10.0 Å². The van der Waals surface area contributed by atoms with Crippen molar-refractivity contribution < 1.29 is 13.2 Å². The lowest BCUT2D eigenvalue weighted by atomic mass is 10.1. The van der Waals surface area contributed by atoms with E-state index in [0.29, 0.717) is 5.75 Å². The number of sulfonamides is 1. The molecule has 0 aliphatic heterocycles. The quantitative estimate of drug-likeness (QED) is 0.854. The van der Waals surface area contributed by atoms with Gasteiger partial charge in [0.1, 0.15) is 21.8 Å². The predicted molar refractivity (Wildman–Crippen MR) is 98.8 cm³/mol. The summed E-state index contributed by atoms with van der Waals surface area (Å²) in [6.45, 7) is 0. The van der Waals surface area contributed by atoms with Gasteiger partial charge in [-0.05, 0) is 43.8 Å². The van der Waals surface area contributed by atoms with Gasteiger partial charge in [0.15, 0.2) is 0 Å². The lowest BCUT2D eigenvalue weighted by Gasteiger charge is -2.28. The van der Waals surface area contributed by atoms with E-state index in [2.05, 4.69) is 11.0 Å². The van der Waals surface area contributed by atoms with Crippen molar-refractivity contribution in [1.29, 1.82) is 0 Å². The Hall–Kier alpha value is -1.31. The molecule has 0 amide bonds. The first-order valence-electron chi connectivity index (χ1n) is 7.62. The van der Waals surface area contributed by atoms with E-state index in [1.54, 1.807) is 0 Å². The zero-order chi connectivity index (χ0) is 18.4. The van der Waals surface area contributed by atoms with Crippen LogP contribution in [0.15, 0.2) is 41.3 Å². The Morgan fingerprint density at radius 1 is 1.12 bits per heavy atom. The zero-order valence-corrected chi connectivity index (χ0v) is 16.1. The van der Waals surface area contributed by atoms with Crippen LogP contribution in [-0.2, 0) is 16.4 Å². The van der Waals surface area contributed by atoms with Crippen LogP contribution < -0.4 is 9.88 Å². The monoisotopic (exact) mass is 400 g/mol. The van der Waals surface area contributed by atoms with E-state index in [1.807, 2.05) is 32.3 Å². The van der Waals surface area contributed by atoms with Gasteiger partial charge in [-0.25, -0.2) is 13.6 Å². The van der Waals surface area contributed by atoms with Gasteiger partial charge < -0.3 is 9.64 Å². The summed E-state index contributed by atoms with van der Waals surface area (Å²) in [5.41, 5.74) is 2.30. The van der Waals surface area contributed by atoms with Gasteiger partial charge in [-0.1, -0.05) is 47.5 Å². The van der Waals surface area contributed by atoms with Crippen LogP contribution >= 0.6 is 23.2 Å². The highest BCUT2D eigenvalue weighted by molar-refractivity contribution is 7.89. The number of hydrogen-bond donors (Lipinski definition) is 1. The summed E-state index contributed by atoms with van der Waals surface area (Å²) in [6.07, 6.45) is 0.620. The van der Waals surface area contributed by atoms with Gasteiger partial charge in [-0.15, -0.1) is 0 Å². The zero-order valence-electron chi connectivity index (χ0n) is 13.7. The summed E-state index contributed by atoms with van der Waals surface area (Å²) in [5, 5.41) is 5.05. The molecule has 0 saturated carbocycles. The van der Waals surface area contributed by atoms with E-state index >= 15 is 0 Å². The fourth-order valence-electron chi connectivity index (χ4n) is 3.09. The summed E-state index contributed by atoms with van der Waals surface area (Å²) < 4.78 is 29.3. The van der Waals surface area contributed by atoms with Gasteiger partial charge >= 0.3 is 0 Å². The average molecular weight is 401 g/mol. The average Bonchev–Trinajstić information content (AvgIpc) is 2.90. The first-order chi connectivity index (χ1) is 11.7. The Labute approximate surface area is 157 Å². The number of benzene rings is 2. The maximum atomic E-state index is 11.6. The molecule has 3 rings (SSSR count). The van der Waals surface area contributed by atoms with E-state index in [4.69, 9.17) is 33.1 Å². The molecule has 0 saturated heterocycles. The van der Waals surface area contributed by atoms with E-state index in [1.165, 1.54) is 17.7 Å². The second-order valence-electron chi connectivity index (χ2n) is 6.21. The smallest absolute Gasteiger partial charge is 0.239 e. The number of rotatable bonds is 4. The van der Waals surface area contributed by atoms with Crippen molar-refractivity contribution in [3.8, 4) is 5.75 Å². The maximum Gasteiger partial charge on any atom is 0.239 e. The highest BCUT2D eigenvalue weighted by atomic mass is 35.5. The molecule has 2 aromatic carbocycles. The Kier molecular flexibility index (Phi) is 5.01. The molecule has 8 heteroatoms. The van der Waals surface area contributed by atoms with Crippen LogP contribution in [0, 0.1) is 0 Å². The Morgan fingerprint density at radius 2 is 1.80 bits per heavy atom. The molecule has 0 aromatic heterocycles. The molecule has 0 spiro atoms. The van der Waals surface area contributed by atoms with Crippen molar-refractivity contribution in [1.82, 2.24) is 4.90 Å². The molecule has 5 nitrogen and oxygen atoms in total. The summed E-state index contributed by atoms with van der Waals surface area (Å²) in [5.74, 6) is 0.326. The summed E-state index contributed by atoms with van der Waals surface area (Å²) in [6, 6.07) is 11.0. The number of hydrogen-bond acceptors (Lipinski definition) is 4. The molecule has 0 radical (unpaired) electrons. The normalized spacial score (nSPS) is 19.9. The van der Waals surface area contributed by atoms with Crippen molar-refractivity contribution in [3.63, 3.8) is 0 Å².